The van der Waals surface area contributed by atoms with Crippen LogP contribution in [-0.2, 0) is 9.53 Å². The number of nitrogens with zero attached hydrogens (tertiary/aromatic N) is 1. The predicted octanol–water partition coefficient (Wildman–Crippen LogP) is 4.96. The predicted molar refractivity (Wildman–Crippen MR) is 117 cm³/mol. The molecule has 2 N–H and O–H groups in total. The number of nitrogens with one attached hydrogen (secondary N) is 2. The van der Waals surface area contributed by atoms with Gasteiger partial charge in [0.2, 0.25) is 0 Å². The summed E-state index contributed by atoms with van der Waals surface area (Å²) < 4.78 is 6.45. The largest absolute Gasteiger partial charge is 0.444 e. The monoisotopic (exact) mass is 459 g/mol. The Kier molecular flexibility index (Phi) is 6.47. The first-order chi connectivity index (χ1) is 13.7. The molecule has 1 aliphatic rings. The summed E-state index contributed by atoms with van der Waals surface area (Å²) in [6, 6.07) is 15.3. The second-order valence-corrected chi connectivity index (χ2v) is 8.95. The van der Waals surface area contributed by atoms with Gasteiger partial charge in [0, 0.05) is 11.0 Å². The van der Waals surface area contributed by atoms with Crippen LogP contribution in [0.2, 0.25) is 0 Å². The fourth-order valence-electron chi connectivity index (χ4n) is 3.18. The normalized spacial score (nSPS) is 16.4. The maximum atomic E-state index is 12.6. The van der Waals surface area contributed by atoms with Crippen molar-refractivity contribution in [2.24, 2.45) is 0 Å². The molecule has 1 aliphatic heterocycles. The van der Waals surface area contributed by atoms with Gasteiger partial charge in [0.15, 0.2) is 0 Å². The highest BCUT2D eigenvalue weighted by molar-refractivity contribution is 9.10. The summed E-state index contributed by atoms with van der Waals surface area (Å²) in [6.07, 6.45) is 0.947. The van der Waals surface area contributed by atoms with Crippen molar-refractivity contribution in [1.29, 1.82) is 0 Å². The molecule has 3 rings (SSSR count). The topological polar surface area (TPSA) is 70.7 Å². The Balaban J connectivity index is 1.57. The number of anilines is 1. The summed E-state index contributed by atoms with van der Waals surface area (Å²) in [4.78, 5) is 26.4. The SMILES string of the molecule is CC(C)(C)OC(=O)N1CCCC1C(=O)NNc1ccc(-c2ccc(Br)cc2)cc1. The van der Waals surface area contributed by atoms with Crippen LogP contribution in [0.5, 0.6) is 0 Å². The number of hydrogen-bond donors (Lipinski definition) is 2. The first kappa shape index (κ1) is 21.2. The van der Waals surface area contributed by atoms with Gasteiger partial charge in [-0.2, -0.15) is 0 Å². The van der Waals surface area contributed by atoms with Crippen LogP contribution < -0.4 is 10.9 Å². The minimum atomic E-state index is -0.588. The summed E-state index contributed by atoms with van der Waals surface area (Å²) in [5, 5.41) is 0. The van der Waals surface area contributed by atoms with E-state index in [-0.39, 0.29) is 5.91 Å². The van der Waals surface area contributed by atoms with Crippen LogP contribution in [0.4, 0.5) is 10.5 Å². The van der Waals surface area contributed by atoms with E-state index in [1.54, 1.807) is 0 Å². The van der Waals surface area contributed by atoms with Crippen molar-refractivity contribution in [2.45, 2.75) is 45.3 Å². The highest BCUT2D eigenvalue weighted by atomic mass is 79.9. The van der Waals surface area contributed by atoms with E-state index in [0.717, 1.165) is 27.7 Å². The van der Waals surface area contributed by atoms with Gasteiger partial charge in [0.05, 0.1) is 5.69 Å². The van der Waals surface area contributed by atoms with Crippen molar-refractivity contribution in [3.05, 3.63) is 53.0 Å². The molecule has 0 aliphatic carbocycles. The van der Waals surface area contributed by atoms with Gasteiger partial charge in [0.25, 0.3) is 5.91 Å². The van der Waals surface area contributed by atoms with Crippen molar-refractivity contribution in [3.8, 4) is 11.1 Å². The van der Waals surface area contributed by atoms with Gasteiger partial charge in [-0.15, -0.1) is 0 Å². The average molecular weight is 460 g/mol. The maximum Gasteiger partial charge on any atom is 0.410 e. The number of amides is 2. The molecule has 1 atom stereocenters. The summed E-state index contributed by atoms with van der Waals surface area (Å²) in [6.45, 7) is 5.97. The Morgan fingerprint density at radius 2 is 1.62 bits per heavy atom. The lowest BCUT2D eigenvalue weighted by atomic mass is 10.1. The van der Waals surface area contributed by atoms with Crippen molar-refractivity contribution < 1.29 is 14.3 Å². The van der Waals surface area contributed by atoms with Gasteiger partial charge >= 0.3 is 6.09 Å². The van der Waals surface area contributed by atoms with E-state index in [1.165, 1.54) is 4.90 Å². The number of rotatable bonds is 4. The zero-order chi connectivity index (χ0) is 21.0. The first-order valence-corrected chi connectivity index (χ1v) is 10.4. The van der Waals surface area contributed by atoms with E-state index in [4.69, 9.17) is 4.74 Å². The summed E-state index contributed by atoms with van der Waals surface area (Å²) >= 11 is 3.44. The third-order valence-electron chi connectivity index (χ3n) is 4.58. The number of carbonyl (C=O) groups excluding carboxylic acids is 2. The fraction of sp³-hybridized carbons (Fsp3) is 0.364. The van der Waals surface area contributed by atoms with Gasteiger partial charge in [-0.25, -0.2) is 4.79 Å². The smallest absolute Gasteiger partial charge is 0.410 e. The lowest BCUT2D eigenvalue weighted by Crippen LogP contribution is -2.48. The minimum absolute atomic E-state index is 0.245. The standard InChI is InChI=1S/C22H26BrN3O3/c1-22(2,3)29-21(28)26-14-4-5-19(26)20(27)25-24-18-12-8-16(9-13-18)15-6-10-17(23)11-7-15/h6-13,19,24H,4-5,14H2,1-3H3,(H,25,27). The molecule has 0 bridgehead atoms. The molecule has 2 aromatic carbocycles. The number of benzene rings is 2. The van der Waals surface area contributed by atoms with Crippen LogP contribution in [0.15, 0.2) is 53.0 Å². The van der Waals surface area contributed by atoms with Gasteiger partial charge in [0.1, 0.15) is 11.6 Å². The first-order valence-electron chi connectivity index (χ1n) is 9.64. The number of carbonyl (C=O) groups is 2. The van der Waals surface area contributed by atoms with Crippen LogP contribution in [0.3, 0.4) is 0 Å². The lowest BCUT2D eigenvalue weighted by Gasteiger charge is -2.28. The molecule has 154 valence electrons. The van der Waals surface area contributed by atoms with Crippen LogP contribution in [0.25, 0.3) is 11.1 Å². The Labute approximate surface area is 179 Å². The highest BCUT2D eigenvalue weighted by Crippen LogP contribution is 2.24. The molecule has 1 saturated heterocycles. The molecule has 0 radical (unpaired) electrons. The van der Waals surface area contributed by atoms with Crippen molar-refractivity contribution >= 4 is 33.6 Å². The molecule has 1 unspecified atom stereocenters. The van der Waals surface area contributed by atoms with E-state index in [0.29, 0.717) is 13.0 Å². The maximum absolute atomic E-state index is 12.6. The number of hydrazine groups is 1. The minimum Gasteiger partial charge on any atom is -0.444 e. The second-order valence-electron chi connectivity index (χ2n) is 8.03. The van der Waals surface area contributed by atoms with Crippen LogP contribution in [0.1, 0.15) is 33.6 Å². The lowest BCUT2D eigenvalue weighted by molar-refractivity contribution is -0.124. The zero-order valence-electron chi connectivity index (χ0n) is 16.9. The summed E-state index contributed by atoms with van der Waals surface area (Å²) in [7, 11) is 0. The highest BCUT2D eigenvalue weighted by Gasteiger charge is 2.36. The summed E-state index contributed by atoms with van der Waals surface area (Å²) in [5.41, 5.74) is 8.02. The molecule has 1 heterocycles. The van der Waals surface area contributed by atoms with Crippen molar-refractivity contribution in [1.82, 2.24) is 10.3 Å². The van der Waals surface area contributed by atoms with Crippen LogP contribution in [0, 0.1) is 0 Å². The third kappa shape index (κ3) is 5.73. The summed E-state index contributed by atoms with van der Waals surface area (Å²) in [5.74, 6) is -0.245. The van der Waals surface area contributed by atoms with Crippen molar-refractivity contribution in [3.63, 3.8) is 0 Å². The number of hydrogen-bond acceptors (Lipinski definition) is 4. The molecule has 6 nitrogen and oxygen atoms in total. The Morgan fingerprint density at radius 3 is 2.21 bits per heavy atom. The Morgan fingerprint density at radius 1 is 1.03 bits per heavy atom. The molecule has 2 aromatic rings. The molecule has 0 saturated carbocycles. The van der Waals surface area contributed by atoms with Gasteiger partial charge in [-0.1, -0.05) is 40.2 Å². The number of likely N-dealkylation sites (tertiary alicyclic amines) is 1. The molecule has 0 aromatic heterocycles. The van der Waals surface area contributed by atoms with E-state index in [2.05, 4.69) is 26.8 Å². The molecule has 1 fully saturated rings. The molecular formula is C22H26BrN3O3. The van der Waals surface area contributed by atoms with Gasteiger partial charge in [-0.05, 0) is 69.0 Å². The molecule has 0 spiro atoms. The van der Waals surface area contributed by atoms with E-state index in [9.17, 15) is 9.59 Å². The quantitative estimate of drug-likeness (QED) is 0.633. The Bertz CT molecular complexity index is 860. The van der Waals surface area contributed by atoms with E-state index >= 15 is 0 Å². The average Bonchev–Trinajstić information content (AvgIpc) is 3.16. The zero-order valence-corrected chi connectivity index (χ0v) is 18.5. The van der Waals surface area contributed by atoms with Crippen molar-refractivity contribution in [2.75, 3.05) is 12.0 Å². The Hall–Kier alpha value is -2.54. The molecule has 29 heavy (non-hydrogen) atoms. The van der Waals surface area contributed by atoms with Crippen LogP contribution in [-0.4, -0.2) is 35.1 Å². The third-order valence-corrected chi connectivity index (χ3v) is 5.10. The second kappa shape index (κ2) is 8.86. The van der Waals surface area contributed by atoms with Gasteiger partial charge in [-0.3, -0.25) is 20.5 Å². The molecule has 7 heteroatoms. The van der Waals surface area contributed by atoms with E-state index < -0.39 is 17.7 Å². The number of ether oxygens (including phenoxy) is 1. The molecule has 2 amide bonds. The fourth-order valence-corrected chi connectivity index (χ4v) is 3.45. The molecular weight excluding hydrogens is 434 g/mol. The van der Waals surface area contributed by atoms with E-state index in [1.807, 2.05) is 69.3 Å². The van der Waals surface area contributed by atoms with Crippen LogP contribution >= 0.6 is 15.9 Å². The number of halogens is 1. The van der Waals surface area contributed by atoms with Gasteiger partial charge < -0.3 is 4.74 Å².